The van der Waals surface area contributed by atoms with E-state index in [9.17, 15) is 9.59 Å². The van der Waals surface area contributed by atoms with E-state index in [1.54, 1.807) is 54.6 Å². The third kappa shape index (κ3) is 4.17. The first-order valence-corrected chi connectivity index (χ1v) is 7.96. The maximum Gasteiger partial charge on any atom is 0.339 e. The zero-order valence-electron chi connectivity index (χ0n) is 13.4. The van der Waals surface area contributed by atoms with Crippen LogP contribution in [0.3, 0.4) is 0 Å². The molecule has 1 N–H and O–H groups in total. The number of ether oxygens (including phenoxy) is 1. The largest absolute Gasteiger partial charge is 0.452 e. The van der Waals surface area contributed by atoms with Gasteiger partial charge in [0, 0.05) is 5.56 Å². The highest BCUT2D eigenvalue weighted by molar-refractivity contribution is 7.79. The summed E-state index contributed by atoms with van der Waals surface area (Å²) in [5, 5.41) is 2.61. The van der Waals surface area contributed by atoms with Crippen LogP contribution in [0.2, 0.25) is 0 Å². The van der Waals surface area contributed by atoms with E-state index in [1.165, 1.54) is 18.7 Å². The number of nitrogens with zero attached hydrogens (tertiary/aromatic N) is 3. The molecule has 3 rings (SSSR count). The first-order valence-electron chi connectivity index (χ1n) is 7.56. The number of aromatic nitrogens is 2. The lowest BCUT2D eigenvalue weighted by atomic mass is 10.2. The van der Waals surface area contributed by atoms with Gasteiger partial charge in [-0.1, -0.05) is 43.1 Å². The Hall–Kier alpha value is -3.39. The summed E-state index contributed by atoms with van der Waals surface area (Å²) in [6.07, 6.45) is 4.37. The zero-order valence-corrected chi connectivity index (χ0v) is 14.3. The molecule has 0 aliphatic rings. The Kier molecular flexibility index (Phi) is 5.45. The van der Waals surface area contributed by atoms with Gasteiger partial charge in [0.1, 0.15) is 6.33 Å². The van der Waals surface area contributed by atoms with E-state index in [2.05, 4.69) is 28.1 Å². The monoisotopic (exact) mass is 366 g/mol. The highest BCUT2D eigenvalue weighted by Crippen LogP contribution is 2.29. The molecule has 0 aliphatic heterocycles. The van der Waals surface area contributed by atoms with Crippen LogP contribution in [0.25, 0.3) is 0 Å². The van der Waals surface area contributed by atoms with Crippen molar-refractivity contribution in [1.82, 2.24) is 14.3 Å². The molecule has 26 heavy (non-hydrogen) atoms. The van der Waals surface area contributed by atoms with E-state index < -0.39 is 11.9 Å². The number of hydrogen-bond donors (Lipinski definition) is 2. The van der Waals surface area contributed by atoms with Crippen molar-refractivity contribution < 1.29 is 14.3 Å². The number of rotatable bonds is 4. The third-order valence-electron chi connectivity index (χ3n) is 3.30. The number of amides is 3. The van der Waals surface area contributed by atoms with Crippen LogP contribution in [0.1, 0.15) is 10.4 Å². The molecule has 0 aliphatic carbocycles. The molecule has 0 spiro atoms. The molecule has 0 unspecified atom stereocenters. The van der Waals surface area contributed by atoms with Gasteiger partial charge >= 0.3 is 6.03 Å². The Morgan fingerprint density at radius 3 is 2.35 bits per heavy atom. The predicted molar refractivity (Wildman–Crippen MR) is 99.2 cm³/mol. The molecule has 130 valence electrons. The number of benzene rings is 2. The van der Waals surface area contributed by atoms with Crippen molar-refractivity contribution in [2.45, 2.75) is 0 Å². The highest BCUT2D eigenvalue weighted by atomic mass is 32.1. The second-order valence-electron chi connectivity index (χ2n) is 5.09. The van der Waals surface area contributed by atoms with Crippen molar-refractivity contribution >= 4 is 30.4 Å². The summed E-state index contributed by atoms with van der Waals surface area (Å²) in [6.45, 7) is 0. The van der Waals surface area contributed by atoms with Crippen molar-refractivity contribution in [3.05, 3.63) is 78.9 Å². The number of carbonyl (C=O) groups excluding carboxylic acids is 2. The van der Waals surface area contributed by atoms with Gasteiger partial charge in [-0.15, -0.1) is 0 Å². The maximum atomic E-state index is 12.4. The van der Waals surface area contributed by atoms with E-state index in [1.807, 2.05) is 0 Å². The molecule has 2 aromatic carbocycles. The van der Waals surface area contributed by atoms with Gasteiger partial charge in [0.05, 0.1) is 18.1 Å². The second kappa shape index (κ2) is 8.13. The molecule has 0 saturated carbocycles. The molecule has 1 aromatic heterocycles. The average molecular weight is 366 g/mol. The lowest BCUT2D eigenvalue weighted by Gasteiger charge is -2.16. The number of hydrogen-bond acceptors (Lipinski definition) is 6. The molecular formula is C18H14N4O3S. The van der Waals surface area contributed by atoms with Crippen molar-refractivity contribution in [3.63, 3.8) is 0 Å². The van der Waals surface area contributed by atoms with Gasteiger partial charge in [-0.05, 0) is 24.3 Å². The first-order chi connectivity index (χ1) is 12.6. The van der Waals surface area contributed by atoms with Gasteiger partial charge in [0.25, 0.3) is 5.91 Å². The van der Waals surface area contributed by atoms with E-state index >= 15 is 0 Å². The lowest BCUT2D eigenvalue weighted by Crippen LogP contribution is -2.32. The molecule has 1 heterocycles. The van der Waals surface area contributed by atoms with E-state index in [4.69, 9.17) is 4.74 Å². The SMILES string of the molecule is O=C(Nc1ccccc1Oc1cncnc1)N(S)C(=O)c1ccccc1. The molecule has 8 heteroatoms. The summed E-state index contributed by atoms with van der Waals surface area (Å²) in [5.41, 5.74) is 0.727. The van der Waals surface area contributed by atoms with Crippen molar-refractivity contribution in [1.29, 1.82) is 0 Å². The summed E-state index contributed by atoms with van der Waals surface area (Å²) >= 11 is 4.01. The van der Waals surface area contributed by atoms with Crippen molar-refractivity contribution in [3.8, 4) is 11.5 Å². The van der Waals surface area contributed by atoms with Crippen LogP contribution in [0.4, 0.5) is 10.5 Å². The number of urea groups is 1. The molecule has 0 atom stereocenters. The number of anilines is 1. The summed E-state index contributed by atoms with van der Waals surface area (Å²) in [6, 6.07) is 14.5. The van der Waals surface area contributed by atoms with Gasteiger partial charge in [0.2, 0.25) is 0 Å². The molecule has 0 saturated heterocycles. The smallest absolute Gasteiger partial charge is 0.339 e. The Morgan fingerprint density at radius 2 is 1.62 bits per heavy atom. The summed E-state index contributed by atoms with van der Waals surface area (Å²) in [5.74, 6) is 0.253. The van der Waals surface area contributed by atoms with Crippen molar-refractivity contribution in [2.24, 2.45) is 0 Å². The highest BCUT2D eigenvalue weighted by Gasteiger charge is 2.20. The fourth-order valence-electron chi connectivity index (χ4n) is 2.09. The Morgan fingerprint density at radius 1 is 0.962 bits per heavy atom. The molecule has 3 aromatic rings. The van der Waals surface area contributed by atoms with Crippen LogP contribution < -0.4 is 10.1 Å². The average Bonchev–Trinajstić information content (AvgIpc) is 2.69. The Bertz CT molecular complexity index is 907. The molecule has 0 radical (unpaired) electrons. The number of nitrogens with one attached hydrogen (secondary N) is 1. The van der Waals surface area contributed by atoms with E-state index in [0.29, 0.717) is 27.1 Å². The molecule has 3 amide bonds. The van der Waals surface area contributed by atoms with Gasteiger partial charge in [-0.25, -0.2) is 19.1 Å². The van der Waals surface area contributed by atoms with Gasteiger partial charge in [-0.2, -0.15) is 0 Å². The van der Waals surface area contributed by atoms with Gasteiger partial charge < -0.3 is 10.1 Å². The van der Waals surface area contributed by atoms with Crippen molar-refractivity contribution in [2.75, 3.05) is 5.32 Å². The van der Waals surface area contributed by atoms with Crippen LogP contribution >= 0.6 is 12.8 Å². The fourth-order valence-corrected chi connectivity index (χ4v) is 2.25. The summed E-state index contributed by atoms with van der Waals surface area (Å²) in [4.78, 5) is 32.4. The minimum Gasteiger partial charge on any atom is -0.452 e. The topological polar surface area (TPSA) is 84.4 Å². The Balaban J connectivity index is 1.74. The molecule has 0 bridgehead atoms. The first kappa shape index (κ1) is 17.4. The third-order valence-corrected chi connectivity index (χ3v) is 3.66. The van der Waals surface area contributed by atoms with E-state index in [0.717, 1.165) is 0 Å². The lowest BCUT2D eigenvalue weighted by molar-refractivity contribution is 0.0901. The standard InChI is InChI=1S/C18H14N4O3S/c23-17(13-6-2-1-3-7-13)22(26)18(24)21-15-8-4-5-9-16(15)25-14-10-19-12-20-11-14/h1-12,26H,(H,21,24). The van der Waals surface area contributed by atoms with E-state index in [-0.39, 0.29) is 0 Å². The minimum absolute atomic E-state index is 0.351. The maximum absolute atomic E-state index is 12.4. The zero-order chi connectivity index (χ0) is 18.4. The predicted octanol–water partition coefficient (Wildman–Crippen LogP) is 3.79. The number of carbonyl (C=O) groups is 2. The fraction of sp³-hybridized carbons (Fsp3) is 0. The van der Waals surface area contributed by atoms with Gasteiger partial charge in [0.15, 0.2) is 11.5 Å². The molecule has 0 fully saturated rings. The number of imide groups is 1. The second-order valence-corrected chi connectivity index (χ2v) is 5.49. The number of para-hydroxylation sites is 2. The van der Waals surface area contributed by atoms with Crippen LogP contribution in [0, 0.1) is 0 Å². The van der Waals surface area contributed by atoms with Crippen LogP contribution in [0.15, 0.2) is 73.3 Å². The van der Waals surface area contributed by atoms with Crippen LogP contribution in [-0.2, 0) is 0 Å². The van der Waals surface area contributed by atoms with Crippen LogP contribution in [-0.4, -0.2) is 26.2 Å². The molecule has 7 nitrogen and oxygen atoms in total. The summed E-state index contributed by atoms with van der Waals surface area (Å²) in [7, 11) is 0. The van der Waals surface area contributed by atoms with Crippen LogP contribution in [0.5, 0.6) is 11.5 Å². The Labute approximate surface area is 155 Å². The summed E-state index contributed by atoms with van der Waals surface area (Å²) < 4.78 is 6.37. The van der Waals surface area contributed by atoms with Gasteiger partial charge in [-0.3, -0.25) is 4.79 Å². The number of thiol groups is 1. The molecular weight excluding hydrogens is 352 g/mol. The minimum atomic E-state index is -0.706. The normalized spacial score (nSPS) is 10.0. The quantitative estimate of drug-likeness (QED) is 0.686.